The Morgan fingerprint density at radius 2 is 2.00 bits per heavy atom. The summed E-state index contributed by atoms with van der Waals surface area (Å²) in [4.78, 5) is 0. The SMILES string of the molecule is CC(C)c1cccc(I)c1Br. The molecule has 0 aromatic heterocycles. The standard InChI is InChI=1S/C9H10BrI/c1-6(2)7-4-3-5-8(11)9(7)10/h3-6H,1-2H3. The topological polar surface area (TPSA) is 0 Å². The molecule has 0 spiro atoms. The molecule has 0 unspecified atom stereocenters. The molecule has 0 aliphatic rings. The molecular weight excluding hydrogens is 315 g/mol. The van der Waals surface area contributed by atoms with Crippen molar-refractivity contribution in [3.8, 4) is 0 Å². The van der Waals surface area contributed by atoms with Gasteiger partial charge in [0.2, 0.25) is 0 Å². The van der Waals surface area contributed by atoms with Crippen LogP contribution in [-0.2, 0) is 0 Å². The summed E-state index contributed by atoms with van der Waals surface area (Å²) in [5, 5.41) is 0. The molecule has 0 amide bonds. The highest BCUT2D eigenvalue weighted by molar-refractivity contribution is 14.1. The minimum Gasteiger partial charge on any atom is -0.0609 e. The summed E-state index contributed by atoms with van der Waals surface area (Å²) >= 11 is 5.91. The summed E-state index contributed by atoms with van der Waals surface area (Å²) in [6.45, 7) is 4.41. The summed E-state index contributed by atoms with van der Waals surface area (Å²) in [6, 6.07) is 6.37. The van der Waals surface area contributed by atoms with Crippen LogP contribution in [0.5, 0.6) is 0 Å². The Bertz CT molecular complexity index is 256. The van der Waals surface area contributed by atoms with Gasteiger partial charge in [-0.15, -0.1) is 0 Å². The fraction of sp³-hybridized carbons (Fsp3) is 0.333. The highest BCUT2D eigenvalue weighted by Gasteiger charge is 2.05. The molecule has 11 heavy (non-hydrogen) atoms. The van der Waals surface area contributed by atoms with Crippen molar-refractivity contribution in [1.82, 2.24) is 0 Å². The molecule has 0 nitrogen and oxygen atoms in total. The molecular formula is C9H10BrI. The number of halogens is 2. The molecule has 0 heterocycles. The van der Waals surface area contributed by atoms with E-state index in [0.717, 1.165) is 0 Å². The van der Waals surface area contributed by atoms with Gasteiger partial charge < -0.3 is 0 Å². The summed E-state index contributed by atoms with van der Waals surface area (Å²) in [6.07, 6.45) is 0. The highest BCUT2D eigenvalue weighted by Crippen LogP contribution is 2.28. The maximum Gasteiger partial charge on any atom is 0.0343 e. The smallest absolute Gasteiger partial charge is 0.0343 e. The first-order valence-corrected chi connectivity index (χ1v) is 5.44. The van der Waals surface area contributed by atoms with Gasteiger partial charge in [0.1, 0.15) is 0 Å². The summed E-state index contributed by atoms with van der Waals surface area (Å²) in [5.74, 6) is 0.596. The van der Waals surface area contributed by atoms with Crippen LogP contribution in [0.25, 0.3) is 0 Å². The summed E-state index contributed by atoms with van der Waals surface area (Å²) in [5.41, 5.74) is 1.39. The van der Waals surface area contributed by atoms with E-state index in [1.807, 2.05) is 0 Å². The maximum absolute atomic E-state index is 3.57. The van der Waals surface area contributed by atoms with Crippen molar-refractivity contribution in [3.05, 3.63) is 31.8 Å². The first kappa shape index (κ1) is 9.52. The predicted molar refractivity (Wildman–Crippen MR) is 60.9 cm³/mol. The maximum atomic E-state index is 3.57. The lowest BCUT2D eigenvalue weighted by atomic mass is 10.0. The summed E-state index contributed by atoms with van der Waals surface area (Å²) in [7, 11) is 0. The van der Waals surface area contributed by atoms with Gasteiger partial charge in [-0.2, -0.15) is 0 Å². The third-order valence-electron chi connectivity index (χ3n) is 1.60. The Labute approximate surface area is 89.7 Å². The van der Waals surface area contributed by atoms with Crippen LogP contribution in [0.2, 0.25) is 0 Å². The molecule has 0 aliphatic heterocycles. The number of hydrogen-bond acceptors (Lipinski definition) is 0. The minimum absolute atomic E-state index is 0.596. The summed E-state index contributed by atoms with van der Waals surface area (Å²) < 4.78 is 2.53. The Morgan fingerprint density at radius 1 is 1.36 bits per heavy atom. The zero-order valence-corrected chi connectivity index (χ0v) is 10.3. The number of rotatable bonds is 1. The second kappa shape index (κ2) is 3.90. The van der Waals surface area contributed by atoms with E-state index in [9.17, 15) is 0 Å². The van der Waals surface area contributed by atoms with Crippen LogP contribution in [-0.4, -0.2) is 0 Å². The van der Waals surface area contributed by atoms with Crippen molar-refractivity contribution in [2.24, 2.45) is 0 Å². The van der Waals surface area contributed by atoms with Crippen LogP contribution in [0, 0.1) is 3.57 Å². The van der Waals surface area contributed by atoms with E-state index in [1.165, 1.54) is 13.6 Å². The molecule has 0 bridgehead atoms. The molecule has 1 rings (SSSR count). The minimum atomic E-state index is 0.596. The van der Waals surface area contributed by atoms with Crippen LogP contribution >= 0.6 is 38.5 Å². The Kier molecular flexibility index (Phi) is 3.37. The molecule has 0 saturated carbocycles. The van der Waals surface area contributed by atoms with Gasteiger partial charge in [0, 0.05) is 8.04 Å². The second-order valence-electron chi connectivity index (χ2n) is 2.80. The molecule has 0 atom stereocenters. The molecule has 0 N–H and O–H groups in total. The molecule has 0 aliphatic carbocycles. The lowest BCUT2D eigenvalue weighted by molar-refractivity contribution is 0.859. The van der Waals surface area contributed by atoms with Crippen molar-refractivity contribution in [2.45, 2.75) is 19.8 Å². The monoisotopic (exact) mass is 324 g/mol. The van der Waals surface area contributed by atoms with Gasteiger partial charge in [-0.05, 0) is 56.1 Å². The van der Waals surface area contributed by atoms with E-state index < -0.39 is 0 Å². The van der Waals surface area contributed by atoms with E-state index in [1.54, 1.807) is 0 Å². The highest BCUT2D eigenvalue weighted by atomic mass is 127. The number of hydrogen-bond donors (Lipinski definition) is 0. The predicted octanol–water partition coefficient (Wildman–Crippen LogP) is 4.18. The fourth-order valence-corrected chi connectivity index (χ4v) is 2.21. The van der Waals surface area contributed by atoms with Crippen LogP contribution in [0.15, 0.2) is 22.7 Å². The molecule has 0 saturated heterocycles. The second-order valence-corrected chi connectivity index (χ2v) is 4.75. The van der Waals surface area contributed by atoms with Gasteiger partial charge in [-0.1, -0.05) is 26.0 Å². The first-order valence-electron chi connectivity index (χ1n) is 3.57. The normalized spacial score (nSPS) is 10.6. The molecule has 0 fully saturated rings. The third kappa shape index (κ3) is 2.18. The van der Waals surface area contributed by atoms with Crippen LogP contribution in [0.3, 0.4) is 0 Å². The van der Waals surface area contributed by atoms with E-state index >= 15 is 0 Å². The van der Waals surface area contributed by atoms with Crippen molar-refractivity contribution < 1.29 is 0 Å². The van der Waals surface area contributed by atoms with E-state index in [0.29, 0.717) is 5.92 Å². The van der Waals surface area contributed by atoms with Gasteiger partial charge in [0.25, 0.3) is 0 Å². The van der Waals surface area contributed by atoms with Crippen molar-refractivity contribution in [3.63, 3.8) is 0 Å². The van der Waals surface area contributed by atoms with Crippen LogP contribution < -0.4 is 0 Å². The van der Waals surface area contributed by atoms with Crippen molar-refractivity contribution in [2.75, 3.05) is 0 Å². The largest absolute Gasteiger partial charge is 0.0609 e. The third-order valence-corrected chi connectivity index (χ3v) is 4.13. The van der Waals surface area contributed by atoms with E-state index in [4.69, 9.17) is 0 Å². The molecule has 2 heteroatoms. The van der Waals surface area contributed by atoms with Crippen LogP contribution in [0.4, 0.5) is 0 Å². The Balaban J connectivity index is 3.17. The van der Waals surface area contributed by atoms with Crippen LogP contribution in [0.1, 0.15) is 25.3 Å². The first-order chi connectivity index (χ1) is 5.13. The molecule has 1 aromatic carbocycles. The fourth-order valence-electron chi connectivity index (χ4n) is 0.966. The Hall–Kier alpha value is 0.430. The lowest BCUT2D eigenvalue weighted by Gasteiger charge is -2.08. The van der Waals surface area contributed by atoms with Gasteiger partial charge in [-0.3, -0.25) is 0 Å². The average molecular weight is 325 g/mol. The molecule has 1 aromatic rings. The zero-order chi connectivity index (χ0) is 8.43. The average Bonchev–Trinajstić information content (AvgIpc) is 1.94. The quantitative estimate of drug-likeness (QED) is 0.680. The lowest BCUT2D eigenvalue weighted by Crippen LogP contribution is -1.90. The van der Waals surface area contributed by atoms with E-state index in [2.05, 4.69) is 70.6 Å². The van der Waals surface area contributed by atoms with Gasteiger partial charge in [0.15, 0.2) is 0 Å². The van der Waals surface area contributed by atoms with Crippen molar-refractivity contribution >= 4 is 38.5 Å². The van der Waals surface area contributed by atoms with Gasteiger partial charge in [-0.25, -0.2) is 0 Å². The zero-order valence-electron chi connectivity index (χ0n) is 6.57. The molecule has 0 radical (unpaired) electrons. The number of benzene rings is 1. The van der Waals surface area contributed by atoms with Gasteiger partial charge in [0.05, 0.1) is 0 Å². The Morgan fingerprint density at radius 3 is 2.45 bits per heavy atom. The van der Waals surface area contributed by atoms with Gasteiger partial charge >= 0.3 is 0 Å². The molecule has 60 valence electrons. The van der Waals surface area contributed by atoms with E-state index in [-0.39, 0.29) is 0 Å². The van der Waals surface area contributed by atoms with Crippen molar-refractivity contribution in [1.29, 1.82) is 0 Å².